The van der Waals surface area contributed by atoms with Crippen LogP contribution in [0.3, 0.4) is 0 Å². The number of hydrogen-bond donors (Lipinski definition) is 2. The Morgan fingerprint density at radius 2 is 2.00 bits per heavy atom. The standard InChI is InChI=1S/C13H17N3O3/c14-10-2-1-3-11(12(18)8-10)13(19)16-6-4-15(9-17)5-7-16/h1-3,9,18H,4-8,14H2. The molecule has 1 heterocycles. The topological polar surface area (TPSA) is 86.9 Å². The van der Waals surface area contributed by atoms with Crippen LogP contribution < -0.4 is 5.73 Å². The second-order valence-corrected chi connectivity index (χ2v) is 4.57. The quantitative estimate of drug-likeness (QED) is 0.681. The molecule has 0 aromatic rings. The zero-order valence-electron chi connectivity index (χ0n) is 10.6. The molecule has 2 aliphatic rings. The number of carbonyl (C=O) groups excluding carboxylic acids is 2. The van der Waals surface area contributed by atoms with E-state index in [0.717, 1.165) is 6.41 Å². The van der Waals surface area contributed by atoms with Crippen LogP contribution in [0.5, 0.6) is 0 Å². The van der Waals surface area contributed by atoms with Crippen LogP contribution in [0.1, 0.15) is 6.42 Å². The third-order valence-electron chi connectivity index (χ3n) is 3.24. The van der Waals surface area contributed by atoms with Gasteiger partial charge in [0.2, 0.25) is 6.41 Å². The van der Waals surface area contributed by atoms with Gasteiger partial charge in [0.1, 0.15) is 5.76 Å². The smallest absolute Gasteiger partial charge is 0.257 e. The predicted octanol–water partition coefficient (Wildman–Crippen LogP) is -0.0984. The summed E-state index contributed by atoms with van der Waals surface area (Å²) in [6.07, 6.45) is 5.87. The van der Waals surface area contributed by atoms with Crippen LogP contribution in [0.15, 0.2) is 35.3 Å². The monoisotopic (exact) mass is 263 g/mol. The van der Waals surface area contributed by atoms with Gasteiger partial charge in [-0.05, 0) is 12.2 Å². The lowest BCUT2D eigenvalue weighted by Crippen LogP contribution is -2.48. The molecule has 0 atom stereocenters. The second-order valence-electron chi connectivity index (χ2n) is 4.57. The molecule has 0 aromatic heterocycles. The Bertz CT molecular complexity index is 472. The Labute approximate surface area is 111 Å². The van der Waals surface area contributed by atoms with Gasteiger partial charge in [-0.1, -0.05) is 6.08 Å². The summed E-state index contributed by atoms with van der Waals surface area (Å²) >= 11 is 0. The van der Waals surface area contributed by atoms with Gasteiger partial charge in [0, 0.05) is 38.3 Å². The van der Waals surface area contributed by atoms with Gasteiger partial charge in [-0.25, -0.2) is 0 Å². The first kappa shape index (κ1) is 13.2. The minimum absolute atomic E-state index is 0.00897. The van der Waals surface area contributed by atoms with E-state index in [1.54, 1.807) is 28.0 Å². The van der Waals surface area contributed by atoms with Gasteiger partial charge in [-0.15, -0.1) is 0 Å². The number of rotatable bonds is 2. The third-order valence-corrected chi connectivity index (χ3v) is 3.24. The van der Waals surface area contributed by atoms with Gasteiger partial charge >= 0.3 is 0 Å². The maximum atomic E-state index is 12.3. The molecule has 1 saturated heterocycles. The van der Waals surface area contributed by atoms with E-state index in [4.69, 9.17) is 5.73 Å². The van der Waals surface area contributed by atoms with Crippen molar-refractivity contribution in [3.8, 4) is 0 Å². The van der Waals surface area contributed by atoms with E-state index in [1.165, 1.54) is 0 Å². The average Bonchev–Trinajstić information content (AvgIpc) is 2.58. The van der Waals surface area contributed by atoms with Crippen molar-refractivity contribution in [1.82, 2.24) is 9.80 Å². The van der Waals surface area contributed by atoms with E-state index < -0.39 is 0 Å². The minimum atomic E-state index is -0.220. The number of nitrogens with zero attached hydrogens (tertiary/aromatic N) is 2. The summed E-state index contributed by atoms with van der Waals surface area (Å²) in [5, 5.41) is 9.91. The molecule has 0 aromatic carbocycles. The SMILES string of the molecule is NC1=CC=CC(C(=O)N2CCN(C=O)CC2)=C(O)C1. The molecule has 0 saturated carbocycles. The van der Waals surface area contributed by atoms with Crippen molar-refractivity contribution in [3.63, 3.8) is 0 Å². The summed E-state index contributed by atoms with van der Waals surface area (Å²) in [6.45, 7) is 2.00. The van der Waals surface area contributed by atoms with Crippen molar-refractivity contribution in [2.24, 2.45) is 5.73 Å². The van der Waals surface area contributed by atoms with Gasteiger partial charge in [0.25, 0.3) is 5.91 Å². The Balaban J connectivity index is 2.08. The molecule has 2 rings (SSSR count). The summed E-state index contributed by atoms with van der Waals surface area (Å²) in [4.78, 5) is 26.2. The Morgan fingerprint density at radius 1 is 1.32 bits per heavy atom. The number of allylic oxidation sites excluding steroid dienone is 2. The summed E-state index contributed by atoms with van der Waals surface area (Å²) < 4.78 is 0. The third kappa shape index (κ3) is 2.96. The van der Waals surface area contributed by atoms with Crippen molar-refractivity contribution >= 4 is 12.3 Å². The molecule has 6 heteroatoms. The normalized spacial score (nSPS) is 20.1. The van der Waals surface area contributed by atoms with Crippen LogP contribution in [0.25, 0.3) is 0 Å². The van der Waals surface area contributed by atoms with Gasteiger partial charge in [0.15, 0.2) is 0 Å². The minimum Gasteiger partial charge on any atom is -0.511 e. The Kier molecular flexibility index (Phi) is 3.89. The maximum Gasteiger partial charge on any atom is 0.257 e. The number of piperazine rings is 1. The average molecular weight is 263 g/mol. The molecule has 1 aliphatic heterocycles. The van der Waals surface area contributed by atoms with Crippen LogP contribution in [0.2, 0.25) is 0 Å². The fourth-order valence-corrected chi connectivity index (χ4v) is 2.11. The van der Waals surface area contributed by atoms with Gasteiger partial charge < -0.3 is 20.6 Å². The highest BCUT2D eigenvalue weighted by molar-refractivity contribution is 5.97. The molecule has 0 bridgehead atoms. The number of aliphatic hydroxyl groups excluding tert-OH is 1. The molecule has 6 nitrogen and oxygen atoms in total. The van der Waals surface area contributed by atoms with E-state index in [2.05, 4.69) is 0 Å². The first-order chi connectivity index (χ1) is 9.11. The van der Waals surface area contributed by atoms with Crippen LogP contribution in [0.4, 0.5) is 0 Å². The molecule has 0 unspecified atom stereocenters. The van der Waals surface area contributed by atoms with Crippen molar-refractivity contribution in [2.75, 3.05) is 26.2 Å². The molecule has 19 heavy (non-hydrogen) atoms. The molecule has 2 amide bonds. The lowest BCUT2D eigenvalue weighted by atomic mass is 10.1. The van der Waals surface area contributed by atoms with Crippen molar-refractivity contribution in [1.29, 1.82) is 0 Å². The molecule has 102 valence electrons. The molecule has 0 spiro atoms. The first-order valence-corrected chi connectivity index (χ1v) is 6.15. The molecule has 0 radical (unpaired) electrons. The fraction of sp³-hybridized carbons (Fsp3) is 0.385. The molecule has 1 fully saturated rings. The van der Waals surface area contributed by atoms with Crippen LogP contribution in [-0.2, 0) is 9.59 Å². The first-order valence-electron chi connectivity index (χ1n) is 6.15. The van der Waals surface area contributed by atoms with E-state index >= 15 is 0 Å². The van der Waals surface area contributed by atoms with Gasteiger partial charge in [-0.2, -0.15) is 0 Å². The van der Waals surface area contributed by atoms with E-state index in [1.807, 2.05) is 0 Å². The van der Waals surface area contributed by atoms with E-state index in [0.29, 0.717) is 31.9 Å². The van der Waals surface area contributed by atoms with Crippen molar-refractivity contribution in [2.45, 2.75) is 6.42 Å². The van der Waals surface area contributed by atoms with Gasteiger partial charge in [0.05, 0.1) is 5.57 Å². The van der Waals surface area contributed by atoms with Gasteiger partial charge in [-0.3, -0.25) is 9.59 Å². The highest BCUT2D eigenvalue weighted by atomic mass is 16.3. The van der Waals surface area contributed by atoms with Crippen molar-refractivity contribution in [3.05, 3.63) is 35.3 Å². The fourth-order valence-electron chi connectivity index (χ4n) is 2.11. The zero-order valence-corrected chi connectivity index (χ0v) is 10.6. The summed E-state index contributed by atoms with van der Waals surface area (Å²) in [5.74, 6) is -0.229. The Hall–Kier alpha value is -2.24. The highest BCUT2D eigenvalue weighted by Gasteiger charge is 2.24. The predicted molar refractivity (Wildman–Crippen MR) is 69.9 cm³/mol. The van der Waals surface area contributed by atoms with Crippen molar-refractivity contribution < 1.29 is 14.7 Å². The molecule has 1 aliphatic carbocycles. The zero-order chi connectivity index (χ0) is 13.8. The molecule has 3 N–H and O–H groups in total. The summed E-state index contributed by atoms with van der Waals surface area (Å²) in [5.41, 5.74) is 6.44. The highest BCUT2D eigenvalue weighted by Crippen LogP contribution is 2.18. The van der Waals surface area contributed by atoms with Crippen LogP contribution in [0, 0.1) is 0 Å². The maximum absolute atomic E-state index is 12.3. The number of hydrogen-bond acceptors (Lipinski definition) is 4. The number of carbonyl (C=O) groups is 2. The summed E-state index contributed by atoms with van der Waals surface area (Å²) in [6, 6.07) is 0. The number of nitrogens with two attached hydrogens (primary N) is 1. The largest absolute Gasteiger partial charge is 0.511 e. The lowest BCUT2D eigenvalue weighted by molar-refractivity contribution is -0.131. The molecular formula is C13H17N3O3. The van der Waals surface area contributed by atoms with E-state index in [-0.39, 0.29) is 23.7 Å². The Morgan fingerprint density at radius 3 is 2.63 bits per heavy atom. The number of amides is 2. The lowest BCUT2D eigenvalue weighted by Gasteiger charge is -2.32. The summed E-state index contributed by atoms with van der Waals surface area (Å²) in [7, 11) is 0. The molecular weight excluding hydrogens is 246 g/mol. The van der Waals surface area contributed by atoms with E-state index in [9.17, 15) is 14.7 Å². The second kappa shape index (κ2) is 5.60. The number of aliphatic hydroxyl groups is 1. The van der Waals surface area contributed by atoms with Crippen LogP contribution in [-0.4, -0.2) is 53.4 Å². The van der Waals surface area contributed by atoms with Crippen LogP contribution >= 0.6 is 0 Å².